The number of fused-ring (bicyclic) bond motifs is 1. The lowest BCUT2D eigenvalue weighted by Crippen LogP contribution is -2.48. The number of hydrogen-bond acceptors (Lipinski definition) is 10. The van der Waals surface area contributed by atoms with Crippen LogP contribution in [0.25, 0.3) is 11.0 Å². The maximum atomic E-state index is 15.3. The number of nitrogens with zero attached hydrogens (tertiary/aromatic N) is 5. The summed E-state index contributed by atoms with van der Waals surface area (Å²) in [5.41, 5.74) is -2.19. The number of piperidine rings is 1. The molecule has 3 aromatic heterocycles. The Morgan fingerprint density at radius 1 is 1.14 bits per heavy atom. The molecular formula is C28H35FN6O8. The topological polar surface area (TPSA) is 169 Å². The number of anilines is 3. The molecule has 4 rings (SSSR count). The van der Waals surface area contributed by atoms with Gasteiger partial charge in [0.25, 0.3) is 11.3 Å². The van der Waals surface area contributed by atoms with Gasteiger partial charge in [-0.1, -0.05) is 5.16 Å². The van der Waals surface area contributed by atoms with Crippen molar-refractivity contribution in [3.05, 3.63) is 40.5 Å². The van der Waals surface area contributed by atoms with Crippen LogP contribution >= 0.6 is 0 Å². The summed E-state index contributed by atoms with van der Waals surface area (Å²) in [4.78, 5) is 57.2. The first kappa shape index (κ1) is 31.3. The molecule has 232 valence electrons. The Morgan fingerprint density at radius 3 is 2.42 bits per heavy atom. The van der Waals surface area contributed by atoms with Gasteiger partial charge in [-0.2, -0.15) is 0 Å². The fourth-order valence-electron chi connectivity index (χ4n) is 4.50. The van der Waals surface area contributed by atoms with Crippen LogP contribution in [0.3, 0.4) is 0 Å². The highest BCUT2D eigenvalue weighted by Gasteiger charge is 2.35. The summed E-state index contributed by atoms with van der Waals surface area (Å²) in [5.74, 6) is -2.01. The number of alkyl halides is 1. The van der Waals surface area contributed by atoms with E-state index in [0.29, 0.717) is 0 Å². The molecule has 14 nitrogen and oxygen atoms in total. The highest BCUT2D eigenvalue weighted by atomic mass is 19.1. The molecule has 0 aliphatic carbocycles. The predicted molar refractivity (Wildman–Crippen MR) is 154 cm³/mol. The predicted octanol–water partition coefficient (Wildman–Crippen LogP) is 4.72. The number of likely N-dealkylation sites (tertiary alicyclic amines) is 1. The van der Waals surface area contributed by atoms with Crippen molar-refractivity contribution in [2.75, 3.05) is 30.4 Å². The molecule has 1 aliphatic heterocycles. The molecule has 43 heavy (non-hydrogen) atoms. The summed E-state index contributed by atoms with van der Waals surface area (Å²) < 4.78 is 32.3. The van der Waals surface area contributed by atoms with Gasteiger partial charge in [-0.15, -0.1) is 0 Å². The molecule has 0 radical (unpaired) electrons. The van der Waals surface area contributed by atoms with E-state index in [0.717, 1.165) is 4.90 Å². The minimum Gasteiger partial charge on any atom is -0.475 e. The lowest BCUT2D eigenvalue weighted by atomic mass is 10.0. The maximum Gasteiger partial charge on any atom is 0.414 e. The number of carbonyl (C=O) groups is 3. The van der Waals surface area contributed by atoms with E-state index in [4.69, 9.17) is 14.0 Å². The third kappa shape index (κ3) is 7.04. The largest absolute Gasteiger partial charge is 0.475 e. The molecule has 15 heteroatoms. The summed E-state index contributed by atoms with van der Waals surface area (Å²) in [7, 11) is 1.41. The number of amides is 2. The van der Waals surface area contributed by atoms with Crippen molar-refractivity contribution in [1.29, 1.82) is 0 Å². The first-order valence-electron chi connectivity index (χ1n) is 13.6. The smallest absolute Gasteiger partial charge is 0.414 e. The molecular weight excluding hydrogens is 567 g/mol. The fraction of sp³-hybridized carbons (Fsp3) is 0.500. The van der Waals surface area contributed by atoms with E-state index in [1.54, 1.807) is 47.6 Å². The maximum absolute atomic E-state index is 15.3. The Labute approximate surface area is 246 Å². The summed E-state index contributed by atoms with van der Waals surface area (Å²) in [6.07, 6.45) is -1.30. The summed E-state index contributed by atoms with van der Waals surface area (Å²) in [6.45, 7) is 10.2. The number of carbonyl (C=O) groups excluding carboxylic acids is 2. The Balaban J connectivity index is 1.65. The van der Waals surface area contributed by atoms with Crippen LogP contribution in [0.4, 0.5) is 31.2 Å². The first-order valence-corrected chi connectivity index (χ1v) is 13.6. The second-order valence-electron chi connectivity index (χ2n) is 12.1. The number of rotatable bonds is 5. The van der Waals surface area contributed by atoms with Crippen molar-refractivity contribution in [2.45, 2.75) is 71.4 Å². The van der Waals surface area contributed by atoms with Crippen LogP contribution in [0.1, 0.15) is 64.6 Å². The lowest BCUT2D eigenvalue weighted by Gasteiger charge is -2.36. The van der Waals surface area contributed by atoms with Crippen molar-refractivity contribution in [3.63, 3.8) is 0 Å². The zero-order chi connectivity index (χ0) is 31.9. The van der Waals surface area contributed by atoms with Gasteiger partial charge in [0.1, 0.15) is 34.4 Å². The number of carboxylic acids is 1. The van der Waals surface area contributed by atoms with E-state index in [-0.39, 0.29) is 47.7 Å². The fourth-order valence-corrected chi connectivity index (χ4v) is 4.50. The Morgan fingerprint density at radius 2 is 1.81 bits per heavy atom. The number of aromatic nitrogens is 3. The Bertz CT molecular complexity index is 1610. The molecule has 2 N–H and O–H groups in total. The van der Waals surface area contributed by atoms with E-state index in [2.05, 4.69) is 15.5 Å². The van der Waals surface area contributed by atoms with Crippen LogP contribution in [-0.4, -0.2) is 80.4 Å². The average molecular weight is 603 g/mol. The Hall–Kier alpha value is -4.69. The molecule has 0 spiro atoms. The standard InChI is InChI=1S/C28H35FN6O8/c1-27(2,3)41-25(39)33(7)18-13-19(31-21-20(18)32-43-22(21)24(37)38)30-16-9-8-11-35(23(16)36)17-10-12-34(14-15(17)29)26(40)42-28(4,5)6/h8-9,11,13,15,17H,10,12,14H2,1-7H3,(H,30,31)(H,37,38)/t15-,17?/m0/s1. The van der Waals surface area contributed by atoms with Gasteiger partial charge in [0, 0.05) is 25.9 Å². The summed E-state index contributed by atoms with van der Waals surface area (Å²) >= 11 is 0. The van der Waals surface area contributed by atoms with Crippen LogP contribution in [0, 0.1) is 0 Å². The van der Waals surface area contributed by atoms with Crippen molar-refractivity contribution < 1.29 is 37.9 Å². The van der Waals surface area contributed by atoms with Crippen LogP contribution in [0.5, 0.6) is 0 Å². The number of halogens is 1. The number of nitrogens with one attached hydrogen (secondary N) is 1. The second-order valence-corrected chi connectivity index (χ2v) is 12.1. The molecule has 1 unspecified atom stereocenters. The van der Waals surface area contributed by atoms with E-state index >= 15 is 4.39 Å². The van der Waals surface area contributed by atoms with E-state index in [1.165, 1.54) is 34.8 Å². The van der Waals surface area contributed by atoms with Gasteiger partial charge in [-0.05, 0) is 60.1 Å². The third-order valence-electron chi connectivity index (χ3n) is 6.39. The molecule has 1 aliphatic rings. The number of pyridine rings is 2. The number of carboxylic acid groups (broad SMARTS) is 1. The first-order chi connectivity index (χ1) is 19.9. The lowest BCUT2D eigenvalue weighted by molar-refractivity contribution is 0.00647. The van der Waals surface area contributed by atoms with Gasteiger partial charge >= 0.3 is 18.2 Å². The number of ether oxygens (including phenoxy) is 2. The molecule has 4 heterocycles. The van der Waals surface area contributed by atoms with Crippen LogP contribution in [0.15, 0.2) is 33.7 Å². The van der Waals surface area contributed by atoms with Crippen LogP contribution < -0.4 is 15.8 Å². The molecule has 3 aromatic rings. The monoisotopic (exact) mass is 602 g/mol. The zero-order valence-corrected chi connectivity index (χ0v) is 25.0. The molecule has 2 amide bonds. The Kier molecular flexibility index (Phi) is 8.38. The van der Waals surface area contributed by atoms with Gasteiger partial charge in [-0.3, -0.25) is 9.69 Å². The third-order valence-corrected chi connectivity index (χ3v) is 6.39. The molecule has 0 aromatic carbocycles. The van der Waals surface area contributed by atoms with Crippen molar-refractivity contribution in [1.82, 2.24) is 19.6 Å². The van der Waals surface area contributed by atoms with Crippen molar-refractivity contribution >= 4 is 46.4 Å². The zero-order valence-electron chi connectivity index (χ0n) is 25.0. The molecule has 0 bridgehead atoms. The van der Waals surface area contributed by atoms with Crippen LogP contribution in [-0.2, 0) is 9.47 Å². The van der Waals surface area contributed by atoms with E-state index < -0.39 is 52.9 Å². The number of hydrogen-bond donors (Lipinski definition) is 2. The van der Waals surface area contributed by atoms with Crippen LogP contribution in [0.2, 0.25) is 0 Å². The minimum atomic E-state index is -1.55. The van der Waals surface area contributed by atoms with E-state index in [9.17, 15) is 24.3 Å². The SMILES string of the molecule is CN(C(=O)OC(C)(C)C)c1cc(Nc2cccn(C3CCN(C(=O)OC(C)(C)C)C[C@@H]3F)c2=O)nc2c(C(=O)O)onc12. The second kappa shape index (κ2) is 11.5. The highest BCUT2D eigenvalue weighted by Crippen LogP contribution is 2.32. The quantitative estimate of drug-likeness (QED) is 0.414. The average Bonchev–Trinajstić information content (AvgIpc) is 3.31. The van der Waals surface area contributed by atoms with Gasteiger partial charge < -0.3 is 33.9 Å². The molecule has 1 fully saturated rings. The van der Waals surface area contributed by atoms with E-state index in [1.807, 2.05) is 0 Å². The van der Waals surface area contributed by atoms with Crippen molar-refractivity contribution in [3.8, 4) is 0 Å². The van der Waals surface area contributed by atoms with Crippen molar-refractivity contribution in [2.24, 2.45) is 0 Å². The summed E-state index contributed by atoms with van der Waals surface area (Å²) in [5, 5.41) is 16.2. The molecule has 0 saturated carbocycles. The van der Waals surface area contributed by atoms with Gasteiger partial charge in [0.15, 0.2) is 5.52 Å². The normalized spacial score (nSPS) is 17.4. The highest BCUT2D eigenvalue weighted by molar-refractivity contribution is 6.05. The van der Waals surface area contributed by atoms with Gasteiger partial charge in [0.2, 0.25) is 0 Å². The minimum absolute atomic E-state index is 0.00463. The van der Waals surface area contributed by atoms with Gasteiger partial charge in [-0.25, -0.2) is 23.8 Å². The van der Waals surface area contributed by atoms with Gasteiger partial charge in [0.05, 0.1) is 18.3 Å². The number of aromatic carboxylic acids is 1. The molecule has 1 saturated heterocycles. The molecule has 2 atom stereocenters. The summed E-state index contributed by atoms with van der Waals surface area (Å²) in [6, 6.07) is 3.53.